The second-order valence-electron chi connectivity index (χ2n) is 6.36. The van der Waals surface area contributed by atoms with E-state index >= 15 is 0 Å². The Morgan fingerprint density at radius 1 is 1.09 bits per heavy atom. The van der Waals surface area contributed by atoms with Gasteiger partial charge in [0.1, 0.15) is 5.84 Å². The van der Waals surface area contributed by atoms with Gasteiger partial charge in [-0.1, -0.05) is 30.1 Å². The molecule has 0 radical (unpaired) electrons. The van der Waals surface area contributed by atoms with Gasteiger partial charge in [-0.15, -0.1) is 0 Å². The number of rotatable bonds is 2. The van der Waals surface area contributed by atoms with Crippen molar-refractivity contribution in [1.82, 2.24) is 10.3 Å². The molecule has 2 aromatic rings. The van der Waals surface area contributed by atoms with Crippen molar-refractivity contribution in [2.24, 2.45) is 10.9 Å². The zero-order valence-corrected chi connectivity index (χ0v) is 14.2. The molecule has 1 aliphatic heterocycles. The quantitative estimate of drug-likeness (QED) is 0.880. The van der Waals surface area contributed by atoms with Crippen LogP contribution in [0.2, 0.25) is 10.0 Å². The van der Waals surface area contributed by atoms with Crippen molar-refractivity contribution in [2.45, 2.75) is 31.3 Å². The average molecular weight is 346 g/mol. The van der Waals surface area contributed by atoms with E-state index in [0.29, 0.717) is 34.0 Å². The summed E-state index contributed by atoms with van der Waals surface area (Å²) in [5.74, 6) is 1.86. The summed E-state index contributed by atoms with van der Waals surface area (Å²) in [6.07, 6.45) is 4.64. The Morgan fingerprint density at radius 3 is 2.43 bits per heavy atom. The maximum absolute atomic E-state index is 6.17. The molecule has 0 spiro atoms. The largest absolute Gasteiger partial charge is 0.365 e. The van der Waals surface area contributed by atoms with E-state index in [-0.39, 0.29) is 0 Å². The van der Waals surface area contributed by atoms with Crippen molar-refractivity contribution in [3.63, 3.8) is 0 Å². The summed E-state index contributed by atoms with van der Waals surface area (Å²) >= 11 is 12.3. The summed E-state index contributed by atoms with van der Waals surface area (Å²) < 4.78 is 0. The fraction of sp³-hybridized carbons (Fsp3) is 0.333. The minimum atomic E-state index is 0.293. The van der Waals surface area contributed by atoms with Crippen LogP contribution in [0.1, 0.15) is 30.4 Å². The molecule has 0 bridgehead atoms. The van der Waals surface area contributed by atoms with E-state index < -0.39 is 0 Å². The van der Waals surface area contributed by atoms with E-state index in [1.54, 1.807) is 18.5 Å². The number of aromatic nitrogens is 1. The fourth-order valence-electron chi connectivity index (χ4n) is 3.84. The highest BCUT2D eigenvalue weighted by atomic mass is 35.5. The van der Waals surface area contributed by atoms with Crippen LogP contribution in [0.5, 0.6) is 0 Å². The van der Waals surface area contributed by atoms with E-state index in [1.165, 1.54) is 5.56 Å². The Balaban J connectivity index is 1.60. The van der Waals surface area contributed by atoms with Crippen LogP contribution in [-0.4, -0.2) is 22.9 Å². The maximum Gasteiger partial charge on any atom is 0.129 e. The number of hydrogen-bond donors (Lipinski definition) is 1. The van der Waals surface area contributed by atoms with Crippen molar-refractivity contribution >= 4 is 29.0 Å². The number of hydrogen-bond acceptors (Lipinski definition) is 3. The summed E-state index contributed by atoms with van der Waals surface area (Å²) in [4.78, 5) is 9.00. The molecule has 4 rings (SSSR count). The molecular weight excluding hydrogens is 329 g/mol. The van der Waals surface area contributed by atoms with Gasteiger partial charge >= 0.3 is 0 Å². The molecule has 1 aromatic carbocycles. The van der Waals surface area contributed by atoms with Crippen LogP contribution in [0.25, 0.3) is 0 Å². The Hall–Kier alpha value is -1.58. The van der Waals surface area contributed by atoms with Gasteiger partial charge in [0.05, 0.1) is 12.1 Å². The Bertz CT molecular complexity index is 740. The summed E-state index contributed by atoms with van der Waals surface area (Å²) in [6, 6.07) is 10.5. The Kier molecular flexibility index (Phi) is 3.78. The molecule has 1 N–H and O–H groups in total. The van der Waals surface area contributed by atoms with Crippen molar-refractivity contribution in [3.8, 4) is 0 Å². The molecule has 0 saturated heterocycles. The first-order valence-electron chi connectivity index (χ1n) is 7.82. The van der Waals surface area contributed by atoms with E-state index in [9.17, 15) is 0 Å². The lowest BCUT2D eigenvalue weighted by Crippen LogP contribution is -2.32. The number of nitrogens with zero attached hydrogens (tertiary/aromatic N) is 2. The van der Waals surface area contributed by atoms with E-state index in [1.807, 2.05) is 24.3 Å². The smallest absolute Gasteiger partial charge is 0.129 e. The molecule has 0 amide bonds. The van der Waals surface area contributed by atoms with Gasteiger partial charge in [-0.3, -0.25) is 9.98 Å². The van der Waals surface area contributed by atoms with Crippen LogP contribution in [-0.2, 0) is 0 Å². The Morgan fingerprint density at radius 2 is 1.78 bits per heavy atom. The molecule has 2 heterocycles. The van der Waals surface area contributed by atoms with Crippen LogP contribution in [0.3, 0.4) is 0 Å². The van der Waals surface area contributed by atoms with Gasteiger partial charge in [-0.2, -0.15) is 0 Å². The predicted molar refractivity (Wildman–Crippen MR) is 94.5 cm³/mol. The number of amidine groups is 1. The van der Waals surface area contributed by atoms with Gasteiger partial charge in [0.2, 0.25) is 0 Å². The number of nitrogens with one attached hydrogen (secondary N) is 1. The molecule has 2 aliphatic rings. The summed E-state index contributed by atoms with van der Waals surface area (Å²) in [6.45, 7) is 2.27. The standard InChI is InChI=1S/C18H17Cl2N3/c1-10-15(12-6-13(19)8-14(20)7-12)9-16-17(10)23-18(22-16)11-2-4-21-5-3-11/h2-8,10,15-17H,9H2,1H3,(H,22,23)/t10-,15-,16?,17?/m0/s1. The molecule has 1 fully saturated rings. The summed E-state index contributed by atoms with van der Waals surface area (Å²) in [7, 11) is 0. The molecule has 1 saturated carbocycles. The molecule has 1 aromatic heterocycles. The lowest BCUT2D eigenvalue weighted by molar-refractivity contribution is 0.476. The zero-order chi connectivity index (χ0) is 16.0. The second-order valence-corrected chi connectivity index (χ2v) is 7.23. The number of benzene rings is 1. The number of halogens is 2. The van der Waals surface area contributed by atoms with Crippen LogP contribution < -0.4 is 5.32 Å². The highest BCUT2D eigenvalue weighted by molar-refractivity contribution is 6.34. The Labute approximate surface area is 145 Å². The highest BCUT2D eigenvalue weighted by Gasteiger charge is 2.45. The second kappa shape index (κ2) is 5.81. The van der Waals surface area contributed by atoms with Crippen molar-refractivity contribution < 1.29 is 0 Å². The van der Waals surface area contributed by atoms with Crippen LogP contribution in [0.4, 0.5) is 0 Å². The minimum absolute atomic E-state index is 0.293. The van der Waals surface area contributed by atoms with Gasteiger partial charge in [0.15, 0.2) is 0 Å². The average Bonchev–Trinajstić information content (AvgIpc) is 3.07. The molecule has 5 heteroatoms. The van der Waals surface area contributed by atoms with Crippen LogP contribution in [0.15, 0.2) is 47.7 Å². The molecule has 4 atom stereocenters. The van der Waals surface area contributed by atoms with Gasteiger partial charge in [0, 0.05) is 28.0 Å². The number of pyridine rings is 1. The van der Waals surface area contributed by atoms with E-state index in [0.717, 1.165) is 17.8 Å². The SMILES string of the molecule is C[C@@H]1C2N=C(c3ccncc3)NC2C[C@@H]1c1cc(Cl)cc(Cl)c1. The van der Waals surface area contributed by atoms with E-state index in [4.69, 9.17) is 28.2 Å². The van der Waals surface area contributed by atoms with Gasteiger partial charge in [-0.05, 0) is 54.2 Å². The maximum atomic E-state index is 6.17. The summed E-state index contributed by atoms with van der Waals surface area (Å²) in [5.41, 5.74) is 2.32. The first-order chi connectivity index (χ1) is 11.1. The number of fused-ring (bicyclic) bond motifs is 1. The van der Waals surface area contributed by atoms with Gasteiger partial charge in [0.25, 0.3) is 0 Å². The molecule has 23 heavy (non-hydrogen) atoms. The highest BCUT2D eigenvalue weighted by Crippen LogP contribution is 2.44. The first kappa shape index (κ1) is 15.0. The van der Waals surface area contributed by atoms with Crippen LogP contribution in [0, 0.1) is 5.92 Å². The lowest BCUT2D eigenvalue weighted by atomic mass is 9.89. The number of aliphatic imine (C=N–C) groups is 1. The molecule has 1 aliphatic carbocycles. The van der Waals surface area contributed by atoms with Crippen molar-refractivity contribution in [3.05, 3.63) is 63.9 Å². The molecule has 2 unspecified atom stereocenters. The normalized spacial score (nSPS) is 29.1. The topological polar surface area (TPSA) is 37.3 Å². The molecular formula is C18H17Cl2N3. The van der Waals surface area contributed by atoms with Crippen LogP contribution >= 0.6 is 23.2 Å². The van der Waals surface area contributed by atoms with Crippen molar-refractivity contribution in [1.29, 1.82) is 0 Å². The van der Waals surface area contributed by atoms with Gasteiger partial charge < -0.3 is 5.32 Å². The van der Waals surface area contributed by atoms with Crippen molar-refractivity contribution in [2.75, 3.05) is 0 Å². The molecule has 118 valence electrons. The third-order valence-electron chi connectivity index (χ3n) is 4.96. The minimum Gasteiger partial charge on any atom is -0.365 e. The van der Waals surface area contributed by atoms with Gasteiger partial charge in [-0.25, -0.2) is 0 Å². The predicted octanol–water partition coefficient (Wildman–Crippen LogP) is 4.30. The third kappa shape index (κ3) is 2.73. The lowest BCUT2D eigenvalue weighted by Gasteiger charge is -2.18. The van der Waals surface area contributed by atoms with E-state index in [2.05, 4.69) is 17.2 Å². The zero-order valence-electron chi connectivity index (χ0n) is 12.7. The monoisotopic (exact) mass is 345 g/mol. The first-order valence-corrected chi connectivity index (χ1v) is 8.58. The molecule has 3 nitrogen and oxygen atoms in total. The fourth-order valence-corrected chi connectivity index (χ4v) is 4.39. The summed E-state index contributed by atoms with van der Waals surface area (Å²) in [5, 5.41) is 4.98. The third-order valence-corrected chi connectivity index (χ3v) is 5.40.